The van der Waals surface area contributed by atoms with Crippen LogP contribution < -0.4 is 0 Å². The van der Waals surface area contributed by atoms with E-state index in [4.69, 9.17) is 14.2 Å². The van der Waals surface area contributed by atoms with Gasteiger partial charge in [0.1, 0.15) is 13.2 Å². The van der Waals surface area contributed by atoms with Gasteiger partial charge in [0.2, 0.25) is 0 Å². The maximum absolute atomic E-state index is 12.9. The molecule has 0 aliphatic heterocycles. The average Bonchev–Trinajstić information content (AvgIpc) is 3.41. The Labute approximate surface area is 465 Å². The predicted molar refractivity (Wildman–Crippen MR) is 325 cm³/mol. The summed E-state index contributed by atoms with van der Waals surface area (Å²) < 4.78 is 16.9. The zero-order valence-corrected chi connectivity index (χ0v) is 49.6. The van der Waals surface area contributed by atoms with Gasteiger partial charge in [-0.2, -0.15) is 0 Å². The molecule has 0 heterocycles. The van der Waals surface area contributed by atoms with E-state index in [0.717, 1.165) is 109 Å². The molecule has 0 fully saturated rings. The standard InChI is InChI=1S/C69H120O6/c1-4-7-10-13-16-19-21-23-25-27-29-30-31-32-33-34-35-36-37-38-40-41-43-45-47-50-53-56-59-62-68(71)74-65-66(64-73-67(70)61-58-55-52-49-18-15-12-9-6-3)75-69(72)63-60-57-54-51-48-46-44-42-39-28-26-24-22-20-17-14-11-8-5-2/h8,11,17,20-21,23-24,26-27,29,31-32,39,42,66H,4-7,9-10,12-16,18-19,22,25,28,30,33-38,40-41,43-65H2,1-3H3/b11-8-,20-17-,23-21-,26-24-,29-27-,32-31-,42-39-. The number of rotatable bonds is 58. The lowest BCUT2D eigenvalue weighted by Crippen LogP contribution is -2.30. The van der Waals surface area contributed by atoms with E-state index < -0.39 is 6.10 Å². The number of hydrogen-bond donors (Lipinski definition) is 0. The number of carbonyl (C=O) groups is 3. The zero-order valence-electron chi connectivity index (χ0n) is 49.6. The summed E-state index contributed by atoms with van der Waals surface area (Å²) in [6.07, 6.45) is 83.2. The van der Waals surface area contributed by atoms with Crippen molar-refractivity contribution in [1.29, 1.82) is 0 Å². The molecule has 6 heteroatoms. The first-order chi connectivity index (χ1) is 37.0. The fourth-order valence-electron chi connectivity index (χ4n) is 9.09. The number of allylic oxidation sites excluding steroid dienone is 14. The lowest BCUT2D eigenvalue weighted by molar-refractivity contribution is -0.167. The number of hydrogen-bond acceptors (Lipinski definition) is 6. The SMILES string of the molecule is CC/C=C\C/C=C\C/C=C\C/C=C\CCCCCCCCC(=O)OC(COC(=O)CCCCCCCCCCC)COC(=O)CCCCCCCCCCCCCCCC/C=C\C/C=C\C/C=C\CCCCCCC. The van der Waals surface area contributed by atoms with E-state index in [9.17, 15) is 14.4 Å². The van der Waals surface area contributed by atoms with Gasteiger partial charge in [0, 0.05) is 19.3 Å². The highest BCUT2D eigenvalue weighted by Crippen LogP contribution is 2.16. The van der Waals surface area contributed by atoms with Crippen LogP contribution in [-0.4, -0.2) is 37.2 Å². The fraction of sp³-hybridized carbons (Fsp3) is 0.754. The number of carbonyl (C=O) groups excluding carboxylic acids is 3. The molecule has 0 saturated heterocycles. The Hall–Kier alpha value is -3.41. The highest BCUT2D eigenvalue weighted by molar-refractivity contribution is 5.71. The Kier molecular flexibility index (Phi) is 60.3. The van der Waals surface area contributed by atoms with E-state index in [-0.39, 0.29) is 31.1 Å². The second kappa shape index (κ2) is 63.1. The third kappa shape index (κ3) is 61.3. The minimum Gasteiger partial charge on any atom is -0.462 e. The highest BCUT2D eigenvalue weighted by Gasteiger charge is 2.19. The van der Waals surface area contributed by atoms with E-state index in [0.29, 0.717) is 19.3 Å². The molecule has 6 nitrogen and oxygen atoms in total. The molecule has 0 aromatic carbocycles. The van der Waals surface area contributed by atoms with Crippen molar-refractivity contribution in [1.82, 2.24) is 0 Å². The Balaban J connectivity index is 4.18. The molecule has 75 heavy (non-hydrogen) atoms. The predicted octanol–water partition coefficient (Wildman–Crippen LogP) is 21.9. The Morgan fingerprint density at radius 3 is 0.813 bits per heavy atom. The summed E-state index contributed by atoms with van der Waals surface area (Å²) in [5.41, 5.74) is 0. The van der Waals surface area contributed by atoms with E-state index in [1.165, 1.54) is 167 Å². The molecule has 0 aliphatic carbocycles. The molecule has 0 aromatic heterocycles. The molecular weight excluding hydrogens is 925 g/mol. The van der Waals surface area contributed by atoms with Crippen LogP contribution in [0.2, 0.25) is 0 Å². The second-order valence-corrected chi connectivity index (χ2v) is 21.3. The topological polar surface area (TPSA) is 78.9 Å². The molecule has 0 aromatic rings. The van der Waals surface area contributed by atoms with Crippen molar-refractivity contribution in [3.05, 3.63) is 85.1 Å². The van der Waals surface area contributed by atoms with Crippen molar-refractivity contribution < 1.29 is 28.6 Å². The summed E-state index contributed by atoms with van der Waals surface area (Å²) in [5, 5.41) is 0. The lowest BCUT2D eigenvalue weighted by atomic mass is 10.0. The average molecular weight is 1050 g/mol. The summed E-state index contributed by atoms with van der Waals surface area (Å²) in [6.45, 7) is 6.51. The van der Waals surface area contributed by atoms with Crippen LogP contribution >= 0.6 is 0 Å². The normalized spacial score (nSPS) is 12.6. The molecule has 0 spiro atoms. The van der Waals surface area contributed by atoms with Crippen molar-refractivity contribution in [2.24, 2.45) is 0 Å². The van der Waals surface area contributed by atoms with Crippen LogP contribution in [0.15, 0.2) is 85.1 Å². The van der Waals surface area contributed by atoms with E-state index in [1.54, 1.807) is 0 Å². The molecule has 1 atom stereocenters. The smallest absolute Gasteiger partial charge is 0.306 e. The van der Waals surface area contributed by atoms with Gasteiger partial charge in [0.25, 0.3) is 0 Å². The van der Waals surface area contributed by atoms with Gasteiger partial charge in [-0.1, -0.05) is 286 Å². The first kappa shape index (κ1) is 71.6. The second-order valence-electron chi connectivity index (χ2n) is 21.3. The van der Waals surface area contributed by atoms with Crippen LogP contribution in [0.3, 0.4) is 0 Å². The van der Waals surface area contributed by atoms with Crippen LogP contribution in [0.1, 0.15) is 316 Å². The molecule has 0 rings (SSSR count). The van der Waals surface area contributed by atoms with Crippen molar-refractivity contribution in [2.75, 3.05) is 13.2 Å². The summed E-state index contributed by atoms with van der Waals surface area (Å²) >= 11 is 0. The van der Waals surface area contributed by atoms with Gasteiger partial charge in [-0.15, -0.1) is 0 Å². The first-order valence-corrected chi connectivity index (χ1v) is 32.1. The monoisotopic (exact) mass is 1040 g/mol. The van der Waals surface area contributed by atoms with Crippen LogP contribution in [0.4, 0.5) is 0 Å². The largest absolute Gasteiger partial charge is 0.462 e. The molecule has 0 aliphatic rings. The third-order valence-electron chi connectivity index (χ3n) is 13.9. The maximum Gasteiger partial charge on any atom is 0.306 e. The number of ether oxygens (including phenoxy) is 3. The van der Waals surface area contributed by atoms with Gasteiger partial charge < -0.3 is 14.2 Å². The van der Waals surface area contributed by atoms with Crippen LogP contribution in [-0.2, 0) is 28.6 Å². The number of esters is 3. The summed E-state index contributed by atoms with van der Waals surface area (Å²) in [7, 11) is 0. The van der Waals surface area contributed by atoms with Crippen LogP contribution in [0, 0.1) is 0 Å². The van der Waals surface area contributed by atoms with Gasteiger partial charge in [-0.3, -0.25) is 14.4 Å². The van der Waals surface area contributed by atoms with E-state index in [2.05, 4.69) is 106 Å². The van der Waals surface area contributed by atoms with E-state index in [1.807, 2.05) is 0 Å². The maximum atomic E-state index is 12.9. The van der Waals surface area contributed by atoms with Gasteiger partial charge >= 0.3 is 17.9 Å². The summed E-state index contributed by atoms with van der Waals surface area (Å²) in [4.78, 5) is 38.2. The Morgan fingerprint density at radius 2 is 0.520 bits per heavy atom. The van der Waals surface area contributed by atoms with Gasteiger partial charge in [0.05, 0.1) is 0 Å². The number of unbranched alkanes of at least 4 members (excludes halogenated alkanes) is 33. The van der Waals surface area contributed by atoms with Gasteiger partial charge in [0.15, 0.2) is 6.10 Å². The molecule has 1 unspecified atom stereocenters. The molecule has 0 radical (unpaired) electrons. The van der Waals surface area contributed by atoms with Crippen molar-refractivity contribution in [2.45, 2.75) is 322 Å². The minimum absolute atomic E-state index is 0.0800. The lowest BCUT2D eigenvalue weighted by Gasteiger charge is -2.18. The zero-order chi connectivity index (χ0) is 54.3. The molecule has 0 N–H and O–H groups in total. The van der Waals surface area contributed by atoms with Crippen molar-refractivity contribution in [3.63, 3.8) is 0 Å². The Morgan fingerprint density at radius 1 is 0.280 bits per heavy atom. The fourth-order valence-corrected chi connectivity index (χ4v) is 9.09. The van der Waals surface area contributed by atoms with E-state index >= 15 is 0 Å². The summed E-state index contributed by atoms with van der Waals surface area (Å²) in [6, 6.07) is 0. The van der Waals surface area contributed by atoms with Crippen molar-refractivity contribution >= 4 is 17.9 Å². The molecule has 0 saturated carbocycles. The third-order valence-corrected chi connectivity index (χ3v) is 13.9. The van der Waals surface area contributed by atoms with Crippen LogP contribution in [0.25, 0.3) is 0 Å². The molecular formula is C69H120O6. The highest BCUT2D eigenvalue weighted by atomic mass is 16.6. The Bertz CT molecular complexity index is 1430. The minimum atomic E-state index is -0.783. The van der Waals surface area contributed by atoms with Gasteiger partial charge in [-0.25, -0.2) is 0 Å². The molecule has 432 valence electrons. The summed E-state index contributed by atoms with van der Waals surface area (Å²) in [5.74, 6) is -0.887. The first-order valence-electron chi connectivity index (χ1n) is 32.1. The van der Waals surface area contributed by atoms with Gasteiger partial charge in [-0.05, 0) is 96.3 Å². The quantitative estimate of drug-likeness (QED) is 0.0261. The van der Waals surface area contributed by atoms with Crippen LogP contribution in [0.5, 0.6) is 0 Å². The molecule has 0 amide bonds. The molecule has 0 bridgehead atoms. The van der Waals surface area contributed by atoms with Crippen molar-refractivity contribution in [3.8, 4) is 0 Å².